The molecule has 23 heavy (non-hydrogen) atoms. The van der Waals surface area contributed by atoms with Crippen LogP contribution >= 0.6 is 11.6 Å². The number of hydrogen-bond donors (Lipinski definition) is 1. The third kappa shape index (κ3) is 3.38. The molecule has 0 radical (unpaired) electrons. The lowest BCUT2D eigenvalue weighted by Crippen LogP contribution is -2.32. The van der Waals surface area contributed by atoms with E-state index in [-0.39, 0.29) is 23.0 Å². The molecule has 1 aliphatic rings. The molecule has 0 saturated carbocycles. The minimum atomic E-state index is -0.344. The van der Waals surface area contributed by atoms with E-state index in [1.54, 1.807) is 19.1 Å². The molecule has 0 bridgehead atoms. The van der Waals surface area contributed by atoms with Gasteiger partial charge in [0.25, 0.3) is 5.91 Å². The summed E-state index contributed by atoms with van der Waals surface area (Å²) in [6.07, 6.45) is 2.02. The SMILES string of the molecule is Cc1nn(-c2ccc(F)cc2)c(Cl)c1C(=O)NCC1CCCO1. The van der Waals surface area contributed by atoms with Crippen molar-refractivity contribution in [2.75, 3.05) is 13.2 Å². The van der Waals surface area contributed by atoms with Crippen LogP contribution in [0.3, 0.4) is 0 Å². The van der Waals surface area contributed by atoms with Crippen LogP contribution in [0.5, 0.6) is 0 Å². The van der Waals surface area contributed by atoms with Crippen LogP contribution < -0.4 is 5.32 Å². The van der Waals surface area contributed by atoms with Gasteiger partial charge in [-0.1, -0.05) is 11.6 Å². The molecule has 3 rings (SSSR count). The van der Waals surface area contributed by atoms with Crippen molar-refractivity contribution < 1.29 is 13.9 Å². The van der Waals surface area contributed by atoms with E-state index in [2.05, 4.69) is 10.4 Å². The first-order valence-electron chi connectivity index (χ1n) is 7.47. The van der Waals surface area contributed by atoms with Gasteiger partial charge in [-0.3, -0.25) is 4.79 Å². The average molecular weight is 338 g/mol. The normalized spacial score (nSPS) is 17.4. The lowest BCUT2D eigenvalue weighted by molar-refractivity contribution is 0.0857. The van der Waals surface area contributed by atoms with E-state index >= 15 is 0 Å². The number of aromatic nitrogens is 2. The van der Waals surface area contributed by atoms with Crippen LogP contribution in [0, 0.1) is 12.7 Å². The third-order valence-electron chi connectivity index (χ3n) is 3.82. The minimum Gasteiger partial charge on any atom is -0.376 e. The molecule has 1 unspecified atom stereocenters. The quantitative estimate of drug-likeness (QED) is 0.933. The first-order valence-corrected chi connectivity index (χ1v) is 7.85. The second-order valence-electron chi connectivity index (χ2n) is 5.48. The van der Waals surface area contributed by atoms with Gasteiger partial charge in [0.2, 0.25) is 0 Å². The zero-order chi connectivity index (χ0) is 16.4. The summed E-state index contributed by atoms with van der Waals surface area (Å²) < 4.78 is 19.9. The Kier molecular flexibility index (Phi) is 4.63. The van der Waals surface area contributed by atoms with Gasteiger partial charge in [-0.25, -0.2) is 9.07 Å². The molecule has 5 nitrogen and oxygen atoms in total. The van der Waals surface area contributed by atoms with Crippen molar-refractivity contribution in [2.45, 2.75) is 25.9 Å². The average Bonchev–Trinajstić information content (AvgIpc) is 3.14. The fourth-order valence-corrected chi connectivity index (χ4v) is 2.97. The lowest BCUT2D eigenvalue weighted by atomic mass is 10.2. The van der Waals surface area contributed by atoms with Gasteiger partial charge in [0.1, 0.15) is 11.0 Å². The Balaban J connectivity index is 1.79. The Hall–Kier alpha value is -1.92. The molecule has 1 aliphatic heterocycles. The first kappa shape index (κ1) is 16.0. The van der Waals surface area contributed by atoms with Crippen molar-refractivity contribution in [1.29, 1.82) is 0 Å². The fraction of sp³-hybridized carbons (Fsp3) is 0.375. The van der Waals surface area contributed by atoms with E-state index in [9.17, 15) is 9.18 Å². The lowest BCUT2D eigenvalue weighted by Gasteiger charge is -2.10. The smallest absolute Gasteiger partial charge is 0.256 e. The largest absolute Gasteiger partial charge is 0.376 e. The number of nitrogens with one attached hydrogen (secondary N) is 1. The molecule has 2 aromatic rings. The molecule has 7 heteroatoms. The summed E-state index contributed by atoms with van der Waals surface area (Å²) in [5.74, 6) is -0.625. The Bertz CT molecular complexity index is 709. The second kappa shape index (κ2) is 6.68. The Morgan fingerprint density at radius 3 is 2.87 bits per heavy atom. The molecule has 1 N–H and O–H groups in total. The van der Waals surface area contributed by atoms with Crippen LogP contribution in [-0.4, -0.2) is 34.9 Å². The summed E-state index contributed by atoms with van der Waals surface area (Å²) in [7, 11) is 0. The summed E-state index contributed by atoms with van der Waals surface area (Å²) in [5, 5.41) is 7.32. The Labute approximate surface area is 138 Å². The van der Waals surface area contributed by atoms with Gasteiger partial charge >= 0.3 is 0 Å². The maximum atomic E-state index is 13.0. The minimum absolute atomic E-state index is 0.0603. The monoisotopic (exact) mass is 337 g/mol. The van der Waals surface area contributed by atoms with E-state index in [0.717, 1.165) is 19.4 Å². The maximum Gasteiger partial charge on any atom is 0.256 e. The highest BCUT2D eigenvalue weighted by Gasteiger charge is 2.23. The Morgan fingerprint density at radius 1 is 1.48 bits per heavy atom. The van der Waals surface area contributed by atoms with Crippen molar-refractivity contribution in [2.24, 2.45) is 0 Å². The van der Waals surface area contributed by atoms with Crippen LogP contribution in [0.2, 0.25) is 5.15 Å². The standard InChI is InChI=1S/C16H17ClFN3O2/c1-10-14(16(22)19-9-13-3-2-8-23-13)15(17)21(20-10)12-6-4-11(18)5-7-12/h4-7,13H,2-3,8-9H2,1H3,(H,19,22). The molecule has 122 valence electrons. The molecule has 1 fully saturated rings. The first-order chi connectivity index (χ1) is 11.1. The van der Waals surface area contributed by atoms with Gasteiger partial charge in [0, 0.05) is 13.2 Å². The topological polar surface area (TPSA) is 56.2 Å². The molecule has 1 saturated heterocycles. The van der Waals surface area contributed by atoms with Crippen LogP contribution in [-0.2, 0) is 4.74 Å². The predicted molar refractivity (Wildman–Crippen MR) is 84.6 cm³/mol. The molecule has 0 aliphatic carbocycles. The molecule has 2 heterocycles. The number of rotatable bonds is 4. The van der Waals surface area contributed by atoms with Gasteiger partial charge in [0.15, 0.2) is 0 Å². The molecule has 0 spiro atoms. The highest BCUT2D eigenvalue weighted by molar-refractivity contribution is 6.33. The van der Waals surface area contributed by atoms with Crippen molar-refractivity contribution in [3.63, 3.8) is 0 Å². The number of carbonyl (C=O) groups excluding carboxylic acids is 1. The van der Waals surface area contributed by atoms with Crippen molar-refractivity contribution in [3.05, 3.63) is 46.5 Å². The number of carbonyl (C=O) groups is 1. The number of ether oxygens (including phenoxy) is 1. The second-order valence-corrected chi connectivity index (χ2v) is 5.84. The fourth-order valence-electron chi connectivity index (χ4n) is 2.61. The van der Waals surface area contributed by atoms with E-state index in [4.69, 9.17) is 16.3 Å². The number of aryl methyl sites for hydroxylation is 1. The van der Waals surface area contributed by atoms with E-state index in [1.165, 1.54) is 16.8 Å². The molecule has 1 aromatic carbocycles. The summed E-state index contributed by atoms with van der Waals surface area (Å²) in [6.45, 7) is 2.91. The van der Waals surface area contributed by atoms with E-state index in [0.29, 0.717) is 23.5 Å². The van der Waals surface area contributed by atoms with Gasteiger partial charge in [-0.15, -0.1) is 0 Å². The zero-order valence-corrected chi connectivity index (χ0v) is 13.4. The number of benzene rings is 1. The summed E-state index contributed by atoms with van der Waals surface area (Å²) in [5.41, 5.74) is 1.44. The van der Waals surface area contributed by atoms with E-state index < -0.39 is 0 Å². The van der Waals surface area contributed by atoms with Crippen LogP contribution in [0.4, 0.5) is 4.39 Å². The van der Waals surface area contributed by atoms with E-state index in [1.807, 2.05) is 0 Å². The highest BCUT2D eigenvalue weighted by Crippen LogP contribution is 2.23. The Morgan fingerprint density at radius 2 is 2.22 bits per heavy atom. The molecular weight excluding hydrogens is 321 g/mol. The third-order valence-corrected chi connectivity index (χ3v) is 4.17. The summed E-state index contributed by atoms with van der Waals surface area (Å²) in [6, 6.07) is 5.75. The number of hydrogen-bond acceptors (Lipinski definition) is 3. The van der Waals surface area contributed by atoms with Gasteiger partial charge < -0.3 is 10.1 Å². The number of nitrogens with zero attached hydrogens (tertiary/aromatic N) is 2. The number of halogens is 2. The highest BCUT2D eigenvalue weighted by atomic mass is 35.5. The van der Waals surface area contributed by atoms with Gasteiger partial charge in [0.05, 0.1) is 23.0 Å². The van der Waals surface area contributed by atoms with Gasteiger partial charge in [-0.2, -0.15) is 5.10 Å². The maximum absolute atomic E-state index is 13.0. The predicted octanol–water partition coefficient (Wildman–Crippen LogP) is 2.88. The van der Waals surface area contributed by atoms with Crippen molar-refractivity contribution >= 4 is 17.5 Å². The molecule has 1 atom stereocenters. The van der Waals surface area contributed by atoms with Gasteiger partial charge in [-0.05, 0) is 44.0 Å². The van der Waals surface area contributed by atoms with Crippen LogP contribution in [0.25, 0.3) is 5.69 Å². The molecular formula is C16H17ClFN3O2. The van der Waals surface area contributed by atoms with Crippen LogP contribution in [0.1, 0.15) is 28.9 Å². The summed E-state index contributed by atoms with van der Waals surface area (Å²) in [4.78, 5) is 12.4. The van der Waals surface area contributed by atoms with Crippen molar-refractivity contribution in [3.8, 4) is 5.69 Å². The zero-order valence-electron chi connectivity index (χ0n) is 12.7. The van der Waals surface area contributed by atoms with Crippen LogP contribution in [0.15, 0.2) is 24.3 Å². The summed E-state index contributed by atoms with van der Waals surface area (Å²) >= 11 is 6.31. The van der Waals surface area contributed by atoms with Crippen molar-refractivity contribution in [1.82, 2.24) is 15.1 Å². The molecule has 1 aromatic heterocycles. The molecule has 1 amide bonds. The number of amides is 1.